The monoisotopic (exact) mass is 403 g/mol. The predicted molar refractivity (Wildman–Crippen MR) is 102 cm³/mol. The highest BCUT2D eigenvalue weighted by molar-refractivity contribution is 7.89. The average Bonchev–Trinajstić information content (AvgIpc) is 3.10. The number of hydrogen-bond donors (Lipinski definition) is 2. The molecule has 0 bridgehead atoms. The topological polar surface area (TPSA) is 105 Å². The van der Waals surface area contributed by atoms with Crippen LogP contribution < -0.4 is 15.6 Å². The molecule has 28 heavy (non-hydrogen) atoms. The highest BCUT2D eigenvalue weighted by atomic mass is 32.2. The number of benzene rings is 2. The van der Waals surface area contributed by atoms with Crippen LogP contribution in [0, 0.1) is 6.92 Å². The van der Waals surface area contributed by atoms with Crippen LogP contribution in [0.25, 0.3) is 0 Å². The molecule has 2 N–H and O–H groups in total. The molecule has 0 aliphatic carbocycles. The number of likely N-dealkylation sites (N-methyl/N-ethyl adjacent to an activating group) is 1. The van der Waals surface area contributed by atoms with Gasteiger partial charge in [-0.25, -0.2) is 8.42 Å². The van der Waals surface area contributed by atoms with Crippen molar-refractivity contribution in [3.8, 4) is 5.75 Å². The summed E-state index contributed by atoms with van der Waals surface area (Å²) in [4.78, 5) is 24.3. The van der Waals surface area contributed by atoms with Crippen molar-refractivity contribution in [2.45, 2.75) is 24.3 Å². The van der Waals surface area contributed by atoms with Crippen molar-refractivity contribution >= 4 is 21.8 Å². The molecule has 0 radical (unpaired) electrons. The lowest BCUT2D eigenvalue weighted by Gasteiger charge is -2.18. The number of sulfonamides is 1. The van der Waals surface area contributed by atoms with Crippen molar-refractivity contribution in [1.82, 2.24) is 15.2 Å². The predicted octanol–water partition coefficient (Wildman–Crippen LogP) is 0.767. The van der Waals surface area contributed by atoms with Crippen LogP contribution >= 0.6 is 0 Å². The SMILES string of the molecule is Cc1ccc(S(=O)(=O)N(C)CC(=O)NNC(=O)[C@@H]2Cc3ccccc3O2)cc1. The third kappa shape index (κ3) is 4.32. The Kier molecular flexibility index (Phi) is 5.66. The number of nitrogens with one attached hydrogen (secondary N) is 2. The van der Waals surface area contributed by atoms with E-state index in [1.54, 1.807) is 18.2 Å². The molecule has 1 atom stereocenters. The van der Waals surface area contributed by atoms with E-state index in [0.717, 1.165) is 15.4 Å². The number of ether oxygens (including phenoxy) is 1. The Morgan fingerprint density at radius 2 is 1.79 bits per heavy atom. The molecule has 148 valence electrons. The molecule has 8 nitrogen and oxygen atoms in total. The van der Waals surface area contributed by atoms with E-state index >= 15 is 0 Å². The normalized spacial score (nSPS) is 15.6. The maximum Gasteiger partial charge on any atom is 0.279 e. The van der Waals surface area contributed by atoms with Gasteiger partial charge in [0.1, 0.15) is 5.75 Å². The Morgan fingerprint density at radius 1 is 1.11 bits per heavy atom. The van der Waals surface area contributed by atoms with E-state index in [-0.39, 0.29) is 4.90 Å². The maximum atomic E-state index is 12.5. The van der Waals surface area contributed by atoms with E-state index in [1.165, 1.54) is 19.2 Å². The minimum Gasteiger partial charge on any atom is -0.480 e. The molecule has 0 saturated carbocycles. The molecule has 1 heterocycles. The summed E-state index contributed by atoms with van der Waals surface area (Å²) in [6, 6.07) is 13.6. The van der Waals surface area contributed by atoms with Crippen molar-refractivity contribution in [3.63, 3.8) is 0 Å². The molecular formula is C19H21N3O5S. The number of rotatable bonds is 5. The Morgan fingerprint density at radius 3 is 2.46 bits per heavy atom. The van der Waals surface area contributed by atoms with Gasteiger partial charge >= 0.3 is 0 Å². The Hall–Kier alpha value is -2.91. The fraction of sp³-hybridized carbons (Fsp3) is 0.263. The smallest absolute Gasteiger partial charge is 0.279 e. The van der Waals surface area contributed by atoms with Gasteiger partial charge in [-0.3, -0.25) is 20.4 Å². The highest BCUT2D eigenvalue weighted by Crippen LogP contribution is 2.27. The number of nitrogens with zero attached hydrogens (tertiary/aromatic N) is 1. The van der Waals surface area contributed by atoms with Crippen LogP contribution in [0.1, 0.15) is 11.1 Å². The Bertz CT molecular complexity index is 964. The second kappa shape index (κ2) is 7.99. The van der Waals surface area contributed by atoms with E-state index in [2.05, 4.69) is 10.9 Å². The van der Waals surface area contributed by atoms with Gasteiger partial charge in [-0.2, -0.15) is 4.31 Å². The maximum absolute atomic E-state index is 12.5. The quantitative estimate of drug-likeness (QED) is 0.718. The van der Waals surface area contributed by atoms with Gasteiger partial charge in [0.05, 0.1) is 11.4 Å². The van der Waals surface area contributed by atoms with E-state index < -0.39 is 34.5 Å². The van der Waals surface area contributed by atoms with Gasteiger partial charge in [-0.05, 0) is 30.7 Å². The third-order valence-electron chi connectivity index (χ3n) is 4.36. The Labute approximate surface area is 163 Å². The number of amides is 2. The lowest BCUT2D eigenvalue weighted by molar-refractivity contribution is -0.132. The lowest BCUT2D eigenvalue weighted by Crippen LogP contribution is -2.50. The van der Waals surface area contributed by atoms with Crippen LogP contribution in [0.5, 0.6) is 5.75 Å². The standard InChI is InChI=1S/C19H21N3O5S/c1-13-7-9-15(10-8-13)28(25,26)22(2)12-18(23)20-21-19(24)17-11-14-5-3-4-6-16(14)27-17/h3-10,17H,11-12H2,1-2H3,(H,20,23)(H,21,24)/t17-/m0/s1. The first kappa shape index (κ1) is 19.8. The summed E-state index contributed by atoms with van der Waals surface area (Å²) in [7, 11) is -2.51. The second-order valence-electron chi connectivity index (χ2n) is 6.53. The summed E-state index contributed by atoms with van der Waals surface area (Å²) < 4.78 is 31.4. The summed E-state index contributed by atoms with van der Waals surface area (Å²) in [5, 5.41) is 0. The van der Waals surface area contributed by atoms with Gasteiger partial charge in [0.25, 0.3) is 11.8 Å². The van der Waals surface area contributed by atoms with Crippen molar-refractivity contribution in [3.05, 3.63) is 59.7 Å². The average molecular weight is 403 g/mol. The zero-order valence-corrected chi connectivity index (χ0v) is 16.3. The van der Waals surface area contributed by atoms with E-state index in [0.29, 0.717) is 12.2 Å². The summed E-state index contributed by atoms with van der Waals surface area (Å²) in [6.07, 6.45) is -0.341. The van der Waals surface area contributed by atoms with Gasteiger partial charge in [-0.15, -0.1) is 0 Å². The van der Waals surface area contributed by atoms with Crippen LogP contribution in [0.3, 0.4) is 0 Å². The number of carbonyl (C=O) groups excluding carboxylic acids is 2. The number of aryl methyl sites for hydroxylation is 1. The molecule has 2 aromatic carbocycles. The minimum atomic E-state index is -3.81. The number of carbonyl (C=O) groups is 2. The number of para-hydroxylation sites is 1. The second-order valence-corrected chi connectivity index (χ2v) is 8.57. The fourth-order valence-corrected chi connectivity index (χ4v) is 3.88. The van der Waals surface area contributed by atoms with E-state index in [4.69, 9.17) is 4.74 Å². The van der Waals surface area contributed by atoms with Crippen LogP contribution in [-0.4, -0.2) is 44.2 Å². The molecule has 0 aromatic heterocycles. The van der Waals surface area contributed by atoms with Crippen LogP contribution in [0.4, 0.5) is 0 Å². The zero-order chi connectivity index (χ0) is 20.3. The summed E-state index contributed by atoms with van der Waals surface area (Å²) in [6.45, 7) is 1.41. The molecule has 1 aliphatic heterocycles. The molecule has 3 rings (SSSR count). The highest BCUT2D eigenvalue weighted by Gasteiger charge is 2.29. The van der Waals surface area contributed by atoms with Crippen LogP contribution in [-0.2, 0) is 26.0 Å². The van der Waals surface area contributed by atoms with Crippen molar-refractivity contribution in [2.24, 2.45) is 0 Å². The van der Waals surface area contributed by atoms with Gasteiger partial charge in [0, 0.05) is 13.5 Å². The minimum absolute atomic E-state index is 0.0922. The lowest BCUT2D eigenvalue weighted by atomic mass is 10.1. The largest absolute Gasteiger partial charge is 0.480 e. The summed E-state index contributed by atoms with van der Waals surface area (Å²) >= 11 is 0. The van der Waals surface area contributed by atoms with Crippen molar-refractivity contribution < 1.29 is 22.7 Å². The molecular weight excluding hydrogens is 382 g/mol. The molecule has 2 aromatic rings. The van der Waals surface area contributed by atoms with E-state index in [9.17, 15) is 18.0 Å². The number of hydrogen-bond acceptors (Lipinski definition) is 5. The summed E-state index contributed by atoms with van der Waals surface area (Å²) in [5.41, 5.74) is 6.35. The van der Waals surface area contributed by atoms with Crippen LogP contribution in [0.15, 0.2) is 53.4 Å². The molecule has 0 fully saturated rings. The van der Waals surface area contributed by atoms with Crippen molar-refractivity contribution in [1.29, 1.82) is 0 Å². The van der Waals surface area contributed by atoms with Gasteiger partial charge < -0.3 is 4.74 Å². The molecule has 0 spiro atoms. The first-order valence-electron chi connectivity index (χ1n) is 8.63. The third-order valence-corrected chi connectivity index (χ3v) is 6.18. The van der Waals surface area contributed by atoms with Gasteiger partial charge in [0.2, 0.25) is 10.0 Å². The molecule has 0 unspecified atom stereocenters. The molecule has 9 heteroatoms. The molecule has 0 saturated heterocycles. The summed E-state index contributed by atoms with van der Waals surface area (Å²) in [5.74, 6) is -0.534. The Balaban J connectivity index is 1.51. The molecule has 2 amide bonds. The zero-order valence-electron chi connectivity index (χ0n) is 15.5. The number of fused-ring (bicyclic) bond motifs is 1. The fourth-order valence-electron chi connectivity index (χ4n) is 2.76. The van der Waals surface area contributed by atoms with Gasteiger partial charge in [0.15, 0.2) is 6.10 Å². The van der Waals surface area contributed by atoms with Crippen molar-refractivity contribution in [2.75, 3.05) is 13.6 Å². The van der Waals surface area contributed by atoms with Crippen LogP contribution in [0.2, 0.25) is 0 Å². The molecule has 1 aliphatic rings. The van der Waals surface area contributed by atoms with Gasteiger partial charge in [-0.1, -0.05) is 35.9 Å². The first-order chi connectivity index (χ1) is 13.3. The number of hydrazine groups is 1. The van der Waals surface area contributed by atoms with E-state index in [1.807, 2.05) is 25.1 Å². The first-order valence-corrected chi connectivity index (χ1v) is 10.1.